The molecule has 2 heteroatoms. The molecule has 0 aliphatic heterocycles. The average Bonchev–Trinajstić information content (AvgIpc) is 2.11. The van der Waals surface area contributed by atoms with Crippen LogP contribution in [-0.4, -0.2) is 5.24 Å². The standard InChI is InChI=1S/C12H17ClO/c1-8(2)9(3)6-7-10(4)11(5)12(13)14/h6-7H,1-5H3. The quantitative estimate of drug-likeness (QED) is 0.393. The minimum absolute atomic E-state index is 0.387. The molecule has 0 radical (unpaired) electrons. The summed E-state index contributed by atoms with van der Waals surface area (Å²) < 4.78 is 0. The van der Waals surface area contributed by atoms with Crippen molar-refractivity contribution in [2.24, 2.45) is 0 Å². The van der Waals surface area contributed by atoms with Gasteiger partial charge in [0, 0.05) is 5.57 Å². The predicted molar refractivity (Wildman–Crippen MR) is 62.4 cm³/mol. The van der Waals surface area contributed by atoms with E-state index in [2.05, 4.69) is 13.8 Å². The first kappa shape index (κ1) is 13.2. The first-order valence-corrected chi connectivity index (χ1v) is 4.93. The summed E-state index contributed by atoms with van der Waals surface area (Å²) in [6.45, 7) is 9.75. The Morgan fingerprint density at radius 2 is 1.36 bits per heavy atom. The molecule has 78 valence electrons. The Kier molecular flexibility index (Phi) is 5.47. The van der Waals surface area contributed by atoms with E-state index in [0.29, 0.717) is 5.57 Å². The maximum atomic E-state index is 10.8. The molecule has 0 aromatic heterocycles. The summed E-state index contributed by atoms with van der Waals surface area (Å²) in [4.78, 5) is 10.8. The number of carbonyl (C=O) groups is 1. The van der Waals surface area contributed by atoms with Crippen molar-refractivity contribution in [3.63, 3.8) is 0 Å². The van der Waals surface area contributed by atoms with E-state index in [1.807, 2.05) is 26.0 Å². The van der Waals surface area contributed by atoms with Gasteiger partial charge >= 0.3 is 0 Å². The molecule has 0 aromatic rings. The van der Waals surface area contributed by atoms with Crippen LogP contribution in [0.4, 0.5) is 0 Å². The van der Waals surface area contributed by atoms with Gasteiger partial charge in [-0.2, -0.15) is 0 Å². The summed E-state index contributed by atoms with van der Waals surface area (Å²) in [5, 5.41) is -0.387. The van der Waals surface area contributed by atoms with E-state index in [9.17, 15) is 4.79 Å². The van der Waals surface area contributed by atoms with Crippen LogP contribution in [0.25, 0.3) is 0 Å². The number of halogens is 1. The molecule has 0 rings (SSSR count). The minimum Gasteiger partial charge on any atom is -0.276 e. The van der Waals surface area contributed by atoms with Gasteiger partial charge in [-0.25, -0.2) is 0 Å². The van der Waals surface area contributed by atoms with Crippen molar-refractivity contribution < 1.29 is 4.79 Å². The van der Waals surface area contributed by atoms with Crippen molar-refractivity contribution in [3.05, 3.63) is 34.4 Å². The van der Waals surface area contributed by atoms with Crippen molar-refractivity contribution in [2.75, 3.05) is 0 Å². The van der Waals surface area contributed by atoms with Crippen LogP contribution in [0, 0.1) is 0 Å². The van der Waals surface area contributed by atoms with Crippen molar-refractivity contribution in [1.82, 2.24) is 0 Å². The molecule has 0 N–H and O–H groups in total. The maximum absolute atomic E-state index is 10.8. The van der Waals surface area contributed by atoms with Gasteiger partial charge in [0.05, 0.1) is 0 Å². The van der Waals surface area contributed by atoms with E-state index in [0.717, 1.165) is 5.57 Å². The van der Waals surface area contributed by atoms with Gasteiger partial charge in [0.1, 0.15) is 0 Å². The minimum atomic E-state index is -0.387. The summed E-state index contributed by atoms with van der Waals surface area (Å²) >= 11 is 5.36. The highest BCUT2D eigenvalue weighted by Crippen LogP contribution is 2.11. The van der Waals surface area contributed by atoms with Crippen LogP contribution in [0.2, 0.25) is 0 Å². The zero-order valence-electron chi connectivity index (χ0n) is 9.44. The Hall–Kier alpha value is -0.820. The van der Waals surface area contributed by atoms with E-state index in [1.165, 1.54) is 11.1 Å². The SMILES string of the molecule is CC(C)=C(C)C=CC(C)=C(C)C(=O)Cl. The molecule has 0 aliphatic carbocycles. The second-order valence-corrected chi connectivity index (χ2v) is 3.94. The summed E-state index contributed by atoms with van der Waals surface area (Å²) in [6.07, 6.45) is 3.91. The summed E-state index contributed by atoms with van der Waals surface area (Å²) in [6, 6.07) is 0. The second kappa shape index (κ2) is 5.82. The van der Waals surface area contributed by atoms with Crippen LogP contribution in [0.3, 0.4) is 0 Å². The van der Waals surface area contributed by atoms with E-state index in [1.54, 1.807) is 6.92 Å². The third-order valence-electron chi connectivity index (χ3n) is 2.26. The third kappa shape index (κ3) is 4.43. The van der Waals surface area contributed by atoms with Crippen molar-refractivity contribution in [3.8, 4) is 0 Å². The third-order valence-corrected chi connectivity index (χ3v) is 2.54. The Morgan fingerprint density at radius 1 is 0.929 bits per heavy atom. The van der Waals surface area contributed by atoms with Gasteiger partial charge in [-0.3, -0.25) is 4.79 Å². The number of carbonyl (C=O) groups excluding carboxylic acids is 1. The molecule has 0 amide bonds. The van der Waals surface area contributed by atoms with E-state index in [-0.39, 0.29) is 5.24 Å². The summed E-state index contributed by atoms with van der Waals surface area (Å²) in [5.74, 6) is 0. The smallest absolute Gasteiger partial charge is 0.248 e. The highest BCUT2D eigenvalue weighted by atomic mass is 35.5. The number of allylic oxidation sites excluding steroid dienone is 6. The fourth-order valence-corrected chi connectivity index (χ4v) is 0.846. The van der Waals surface area contributed by atoms with Gasteiger partial charge in [0.2, 0.25) is 5.24 Å². The lowest BCUT2D eigenvalue weighted by molar-refractivity contribution is -0.108. The Balaban J connectivity index is 4.79. The summed E-state index contributed by atoms with van der Waals surface area (Å²) in [7, 11) is 0. The van der Waals surface area contributed by atoms with Crippen molar-refractivity contribution >= 4 is 16.8 Å². The average molecular weight is 213 g/mol. The monoisotopic (exact) mass is 212 g/mol. The lowest BCUT2D eigenvalue weighted by Crippen LogP contribution is -1.90. The summed E-state index contributed by atoms with van der Waals surface area (Å²) in [5.41, 5.74) is 3.98. The van der Waals surface area contributed by atoms with Crippen molar-refractivity contribution in [2.45, 2.75) is 34.6 Å². The molecule has 0 fully saturated rings. The van der Waals surface area contributed by atoms with Gasteiger partial charge < -0.3 is 0 Å². The molecule has 0 spiro atoms. The highest BCUT2D eigenvalue weighted by molar-refractivity contribution is 6.67. The first-order chi connectivity index (χ1) is 6.36. The van der Waals surface area contributed by atoms with Crippen LogP contribution < -0.4 is 0 Å². The van der Waals surface area contributed by atoms with Crippen molar-refractivity contribution in [1.29, 1.82) is 0 Å². The largest absolute Gasteiger partial charge is 0.276 e. The molecule has 0 heterocycles. The Labute approximate surface area is 91.1 Å². The van der Waals surface area contributed by atoms with E-state index < -0.39 is 0 Å². The number of hydrogen-bond donors (Lipinski definition) is 0. The molecule has 0 bridgehead atoms. The van der Waals surface area contributed by atoms with Crippen LogP contribution in [0.1, 0.15) is 34.6 Å². The molecule has 0 atom stereocenters. The second-order valence-electron chi connectivity index (χ2n) is 3.60. The topological polar surface area (TPSA) is 17.1 Å². The molecule has 0 saturated heterocycles. The fraction of sp³-hybridized carbons (Fsp3) is 0.417. The zero-order chi connectivity index (χ0) is 11.3. The molecule has 1 nitrogen and oxygen atoms in total. The highest BCUT2D eigenvalue weighted by Gasteiger charge is 2.01. The molecule has 0 aliphatic rings. The normalized spacial score (nSPS) is 12.7. The van der Waals surface area contributed by atoms with E-state index in [4.69, 9.17) is 11.6 Å². The fourth-order valence-electron chi connectivity index (χ4n) is 0.697. The Morgan fingerprint density at radius 3 is 1.71 bits per heavy atom. The van der Waals surface area contributed by atoms with Gasteiger partial charge in [-0.1, -0.05) is 23.3 Å². The Bertz CT molecular complexity index is 315. The zero-order valence-corrected chi connectivity index (χ0v) is 10.2. The van der Waals surface area contributed by atoms with Crippen LogP contribution in [0.5, 0.6) is 0 Å². The van der Waals surface area contributed by atoms with Gasteiger partial charge in [0.25, 0.3) is 0 Å². The number of hydrogen-bond acceptors (Lipinski definition) is 1. The number of rotatable bonds is 3. The van der Waals surface area contributed by atoms with Crippen LogP contribution >= 0.6 is 11.6 Å². The van der Waals surface area contributed by atoms with E-state index >= 15 is 0 Å². The molecular weight excluding hydrogens is 196 g/mol. The lowest BCUT2D eigenvalue weighted by atomic mass is 10.1. The lowest BCUT2D eigenvalue weighted by Gasteiger charge is -1.98. The molecule has 14 heavy (non-hydrogen) atoms. The first-order valence-electron chi connectivity index (χ1n) is 4.55. The molecule has 0 saturated carbocycles. The molecular formula is C12H17ClO. The predicted octanol–water partition coefficient (Wildman–Crippen LogP) is 4.00. The molecule has 0 unspecified atom stereocenters. The van der Waals surface area contributed by atoms with Gasteiger partial charge in [-0.15, -0.1) is 0 Å². The van der Waals surface area contributed by atoms with Gasteiger partial charge in [0.15, 0.2) is 0 Å². The molecule has 0 aromatic carbocycles. The van der Waals surface area contributed by atoms with Crippen LogP contribution in [0.15, 0.2) is 34.4 Å². The van der Waals surface area contributed by atoms with Crippen LogP contribution in [-0.2, 0) is 4.79 Å². The van der Waals surface area contributed by atoms with Gasteiger partial charge in [-0.05, 0) is 51.8 Å². The maximum Gasteiger partial charge on any atom is 0.248 e.